The van der Waals surface area contributed by atoms with Crippen LogP contribution in [-0.4, -0.2) is 51.2 Å². The minimum absolute atomic E-state index is 0.153. The van der Waals surface area contributed by atoms with E-state index in [1.165, 1.54) is 6.33 Å². The summed E-state index contributed by atoms with van der Waals surface area (Å²) in [6.07, 6.45) is 4.78. The van der Waals surface area contributed by atoms with Crippen molar-refractivity contribution in [2.24, 2.45) is 21.8 Å². The molecule has 8 heteroatoms. The second-order valence-electron chi connectivity index (χ2n) is 4.87. The van der Waals surface area contributed by atoms with E-state index in [0.717, 1.165) is 0 Å². The molecule has 0 aliphatic carbocycles. The molecule has 4 N–H and O–H groups in total. The van der Waals surface area contributed by atoms with Crippen molar-refractivity contribution in [2.75, 3.05) is 13.2 Å². The summed E-state index contributed by atoms with van der Waals surface area (Å²) in [6, 6.07) is -1.31. The van der Waals surface area contributed by atoms with Crippen molar-refractivity contribution in [1.82, 2.24) is 9.55 Å². The van der Waals surface area contributed by atoms with E-state index in [-0.39, 0.29) is 12.3 Å². The van der Waals surface area contributed by atoms with Gasteiger partial charge in [0.05, 0.1) is 19.0 Å². The van der Waals surface area contributed by atoms with Crippen molar-refractivity contribution in [1.29, 1.82) is 0 Å². The maximum atomic E-state index is 11.3. The van der Waals surface area contributed by atoms with Crippen LogP contribution in [0.15, 0.2) is 41.2 Å². The summed E-state index contributed by atoms with van der Waals surface area (Å²) >= 11 is 0. The van der Waals surface area contributed by atoms with Crippen molar-refractivity contribution < 1.29 is 10.2 Å². The lowest BCUT2D eigenvalue weighted by atomic mass is 9.76. The van der Waals surface area contributed by atoms with Gasteiger partial charge in [-0.1, -0.05) is 11.8 Å². The average Bonchev–Trinajstić information content (AvgIpc) is 3.01. The van der Waals surface area contributed by atoms with Crippen molar-refractivity contribution in [2.45, 2.75) is 24.5 Å². The first-order chi connectivity index (χ1) is 9.98. The molecule has 8 nitrogen and oxygen atoms in total. The summed E-state index contributed by atoms with van der Waals surface area (Å²) < 4.78 is 1.68. The number of aliphatic imine (C=N–C) groups is 1. The first-order valence-corrected chi connectivity index (χ1v) is 6.45. The average molecular weight is 295 g/mol. The van der Waals surface area contributed by atoms with E-state index in [4.69, 9.17) is 5.73 Å². The second kappa shape index (κ2) is 7.09. The molecule has 0 saturated heterocycles. The van der Waals surface area contributed by atoms with Crippen LogP contribution in [-0.2, 0) is 0 Å². The molecule has 0 radical (unpaired) electrons. The monoisotopic (exact) mass is 295 g/mol. The number of nitrogens with zero attached hydrogens (tertiary/aromatic N) is 4. The number of aliphatic hydroxyl groups is 2. The molecule has 0 aromatic carbocycles. The zero-order valence-corrected chi connectivity index (χ0v) is 12.0. The van der Waals surface area contributed by atoms with Crippen LogP contribution in [0.3, 0.4) is 0 Å². The number of imidazole rings is 1. The second-order valence-corrected chi connectivity index (χ2v) is 4.87. The maximum Gasteiger partial charge on any atom is 0.135 e. The number of hydrogen-bond donors (Lipinski definition) is 3. The van der Waals surface area contributed by atoms with Gasteiger partial charge in [0.2, 0.25) is 0 Å². The molecule has 116 valence electrons. The third-order valence-corrected chi connectivity index (χ3v) is 3.93. The number of hydrogen-bond acceptors (Lipinski definition) is 7. The van der Waals surface area contributed by atoms with Crippen molar-refractivity contribution >= 4 is 6.72 Å². The van der Waals surface area contributed by atoms with Crippen molar-refractivity contribution in [3.05, 3.63) is 36.0 Å². The molecule has 0 spiro atoms. The van der Waals surface area contributed by atoms with Crippen LogP contribution in [0, 0.1) is 10.8 Å². The fraction of sp³-hybridized carbons (Fsp3) is 0.538. The summed E-state index contributed by atoms with van der Waals surface area (Å²) in [5.41, 5.74) is 4.25. The maximum absolute atomic E-state index is 11.3. The zero-order valence-electron chi connectivity index (χ0n) is 12.0. The topological polar surface area (TPSA) is 126 Å². The van der Waals surface area contributed by atoms with Gasteiger partial charge in [0.1, 0.15) is 17.3 Å². The Morgan fingerprint density at radius 1 is 1.62 bits per heavy atom. The van der Waals surface area contributed by atoms with E-state index >= 15 is 0 Å². The van der Waals surface area contributed by atoms with Crippen molar-refractivity contribution in [3.63, 3.8) is 0 Å². The number of nitrogens with two attached hydrogens (primary N) is 1. The quantitative estimate of drug-likeness (QED) is 0.350. The molecule has 0 saturated carbocycles. The summed E-state index contributed by atoms with van der Waals surface area (Å²) in [4.78, 5) is 19.1. The highest BCUT2D eigenvalue weighted by Crippen LogP contribution is 2.35. The van der Waals surface area contributed by atoms with Gasteiger partial charge in [-0.05, 0) is 13.6 Å². The van der Waals surface area contributed by atoms with Crippen LogP contribution in [0.1, 0.15) is 13.0 Å². The number of aliphatic hydroxyl groups excluding tert-OH is 2. The minimum atomic E-state index is -1.43. The number of rotatable bonds is 9. The fourth-order valence-electron chi connectivity index (χ4n) is 2.48. The van der Waals surface area contributed by atoms with Gasteiger partial charge >= 0.3 is 0 Å². The van der Waals surface area contributed by atoms with E-state index in [1.54, 1.807) is 23.9 Å². The Hall–Kier alpha value is -2.06. The molecule has 0 amide bonds. The predicted molar refractivity (Wildman–Crippen MR) is 80.2 cm³/mol. The lowest BCUT2D eigenvalue weighted by molar-refractivity contribution is 0.108. The molecule has 1 rings (SSSR count). The molecular weight excluding hydrogens is 274 g/mol. The summed E-state index contributed by atoms with van der Waals surface area (Å²) in [5, 5.41) is 22.6. The summed E-state index contributed by atoms with van der Waals surface area (Å²) in [6.45, 7) is 8.00. The van der Waals surface area contributed by atoms with E-state index in [0.29, 0.717) is 0 Å². The largest absolute Gasteiger partial charge is 0.510 e. The van der Waals surface area contributed by atoms with Crippen LogP contribution >= 0.6 is 0 Å². The molecule has 0 aliphatic heterocycles. The lowest BCUT2D eigenvalue weighted by Crippen LogP contribution is -2.52. The van der Waals surface area contributed by atoms with Gasteiger partial charge in [-0.2, -0.15) is 4.91 Å². The van der Waals surface area contributed by atoms with Gasteiger partial charge in [0.25, 0.3) is 0 Å². The van der Waals surface area contributed by atoms with E-state index in [1.807, 2.05) is 0 Å². The summed E-state index contributed by atoms with van der Waals surface area (Å²) in [7, 11) is 0. The molecule has 0 bridgehead atoms. The van der Waals surface area contributed by atoms with Crippen LogP contribution < -0.4 is 5.73 Å². The van der Waals surface area contributed by atoms with Gasteiger partial charge in [0, 0.05) is 24.9 Å². The Balaban J connectivity index is 3.23. The van der Waals surface area contributed by atoms with Crippen LogP contribution in [0.5, 0.6) is 0 Å². The van der Waals surface area contributed by atoms with Crippen LogP contribution in [0.4, 0.5) is 0 Å². The normalized spacial score (nSPS) is 18.2. The van der Waals surface area contributed by atoms with Gasteiger partial charge in [-0.15, -0.1) is 0 Å². The molecule has 1 aromatic rings. The molecular formula is C13H21N5O3. The smallest absolute Gasteiger partial charge is 0.135 e. The Morgan fingerprint density at radius 3 is 2.62 bits per heavy atom. The molecule has 3 unspecified atom stereocenters. The number of nitroso groups, excluding NO2 is 1. The van der Waals surface area contributed by atoms with E-state index < -0.39 is 30.1 Å². The summed E-state index contributed by atoms with van der Waals surface area (Å²) in [5.74, 6) is -1.21. The van der Waals surface area contributed by atoms with Crippen LogP contribution in [0.2, 0.25) is 0 Å². The molecule has 4 atom stereocenters. The SMILES string of the molecule is C=NC(CN)(C(=C)O)C(CO)[C@@H](N=O)C(C)n1ccnc1. The Kier molecular flexibility index (Phi) is 5.74. The molecule has 1 heterocycles. The highest BCUT2D eigenvalue weighted by molar-refractivity contribution is 5.31. The fourth-order valence-corrected chi connectivity index (χ4v) is 2.48. The standard InChI is InChI=1S/C13H21N5O3/c1-9(18-5-4-16-8-18)12(17-21)11(6-19)13(7-14,15-3)10(2)20/h4-5,8-9,11-12,19-20H,2-3,6-7,14H2,1H3/t9?,11?,12-,13?/m0/s1. The molecule has 0 aliphatic rings. The minimum Gasteiger partial charge on any atom is -0.510 e. The van der Waals surface area contributed by atoms with Gasteiger partial charge in [-0.25, -0.2) is 4.98 Å². The Labute approximate surface area is 123 Å². The predicted octanol–water partition coefficient (Wildman–Crippen LogP) is 0.657. The number of aromatic nitrogens is 2. The Bertz CT molecular complexity index is 490. The highest BCUT2D eigenvalue weighted by Gasteiger charge is 2.46. The molecule has 0 fully saturated rings. The third kappa shape index (κ3) is 3.01. The van der Waals surface area contributed by atoms with E-state index in [9.17, 15) is 15.1 Å². The van der Waals surface area contributed by atoms with Gasteiger partial charge in [0.15, 0.2) is 0 Å². The van der Waals surface area contributed by atoms with Gasteiger partial charge in [-0.3, -0.25) is 4.99 Å². The highest BCUT2D eigenvalue weighted by atomic mass is 16.3. The zero-order chi connectivity index (χ0) is 16.0. The molecule has 1 aromatic heterocycles. The van der Waals surface area contributed by atoms with Crippen molar-refractivity contribution in [3.8, 4) is 0 Å². The lowest BCUT2D eigenvalue weighted by Gasteiger charge is -2.38. The van der Waals surface area contributed by atoms with E-state index in [2.05, 4.69) is 28.4 Å². The Morgan fingerprint density at radius 2 is 2.29 bits per heavy atom. The van der Waals surface area contributed by atoms with Crippen LogP contribution in [0.25, 0.3) is 0 Å². The first-order valence-electron chi connectivity index (χ1n) is 6.45. The first kappa shape index (κ1) is 17.0. The molecule has 21 heavy (non-hydrogen) atoms. The third-order valence-electron chi connectivity index (χ3n) is 3.93. The van der Waals surface area contributed by atoms with Gasteiger partial charge < -0.3 is 20.5 Å².